The van der Waals surface area contributed by atoms with E-state index in [1.54, 1.807) is 0 Å². The third-order valence-electron chi connectivity index (χ3n) is 2.34. The van der Waals surface area contributed by atoms with Crippen LogP contribution in [0.3, 0.4) is 0 Å². The molecular weight excluding hydrogens is 232 g/mol. The molecule has 0 radical (unpaired) electrons. The molecule has 5 nitrogen and oxygen atoms in total. The summed E-state index contributed by atoms with van der Waals surface area (Å²) in [7, 11) is 0. The molecule has 5 heteroatoms. The minimum Gasteiger partial charge on any atom is -0.392 e. The molecule has 0 heterocycles. The number of carbonyl (C=O) groups excluding carboxylic acids is 1. The number of ether oxygens (including phenoxy) is 1. The van der Waals surface area contributed by atoms with E-state index >= 15 is 0 Å². The lowest BCUT2D eigenvalue weighted by Gasteiger charge is -2.08. The molecule has 0 saturated carbocycles. The van der Waals surface area contributed by atoms with Gasteiger partial charge < -0.3 is 20.5 Å². The lowest BCUT2D eigenvalue weighted by Crippen LogP contribution is -2.32. The van der Waals surface area contributed by atoms with Gasteiger partial charge in [-0.1, -0.05) is 12.1 Å². The van der Waals surface area contributed by atoms with E-state index in [1.807, 2.05) is 31.2 Å². The fraction of sp³-hybridized carbons (Fsp3) is 0.462. The van der Waals surface area contributed by atoms with Crippen LogP contribution in [-0.2, 0) is 16.1 Å². The van der Waals surface area contributed by atoms with Crippen molar-refractivity contribution in [3.63, 3.8) is 0 Å². The minimum atomic E-state index is -0.0795. The Balaban J connectivity index is 2.24. The minimum absolute atomic E-state index is 0.00390. The van der Waals surface area contributed by atoms with Gasteiger partial charge >= 0.3 is 0 Å². The van der Waals surface area contributed by atoms with Crippen molar-refractivity contribution in [3.05, 3.63) is 29.8 Å². The molecule has 0 aromatic heterocycles. The SMILES string of the molecule is CCOCCNC(=O)CNc1cccc(CO)c1. The first kappa shape index (κ1) is 14.5. The monoisotopic (exact) mass is 252 g/mol. The summed E-state index contributed by atoms with van der Waals surface area (Å²) in [5.74, 6) is -0.0795. The largest absolute Gasteiger partial charge is 0.392 e. The highest BCUT2D eigenvalue weighted by Crippen LogP contribution is 2.09. The molecule has 1 rings (SSSR count). The van der Waals surface area contributed by atoms with Gasteiger partial charge in [-0.25, -0.2) is 0 Å². The number of rotatable bonds is 8. The van der Waals surface area contributed by atoms with E-state index in [-0.39, 0.29) is 19.1 Å². The van der Waals surface area contributed by atoms with E-state index in [2.05, 4.69) is 10.6 Å². The fourth-order valence-electron chi connectivity index (χ4n) is 1.43. The molecule has 0 spiro atoms. The summed E-state index contributed by atoms with van der Waals surface area (Å²) >= 11 is 0. The second-order valence-corrected chi connectivity index (χ2v) is 3.76. The van der Waals surface area contributed by atoms with Crippen molar-refractivity contribution >= 4 is 11.6 Å². The zero-order chi connectivity index (χ0) is 13.2. The van der Waals surface area contributed by atoms with Crippen LogP contribution in [0.25, 0.3) is 0 Å². The maximum atomic E-state index is 11.5. The van der Waals surface area contributed by atoms with Gasteiger partial charge in [-0.05, 0) is 24.6 Å². The standard InChI is InChI=1S/C13H20N2O3/c1-2-18-7-6-14-13(17)9-15-12-5-3-4-11(8-12)10-16/h3-5,8,15-16H,2,6-7,9-10H2,1H3,(H,14,17). The average molecular weight is 252 g/mol. The number of anilines is 1. The second kappa shape index (κ2) is 8.49. The molecule has 0 fully saturated rings. The maximum Gasteiger partial charge on any atom is 0.239 e. The number of nitrogens with one attached hydrogen (secondary N) is 2. The van der Waals surface area contributed by atoms with E-state index in [9.17, 15) is 4.79 Å². The van der Waals surface area contributed by atoms with Gasteiger partial charge in [0.1, 0.15) is 0 Å². The van der Waals surface area contributed by atoms with Crippen LogP contribution >= 0.6 is 0 Å². The van der Waals surface area contributed by atoms with Crippen molar-refractivity contribution in [1.82, 2.24) is 5.32 Å². The predicted molar refractivity (Wildman–Crippen MR) is 70.4 cm³/mol. The van der Waals surface area contributed by atoms with Gasteiger partial charge in [0.25, 0.3) is 0 Å². The molecule has 3 N–H and O–H groups in total. The first-order valence-corrected chi connectivity index (χ1v) is 6.04. The van der Waals surface area contributed by atoms with Crippen LogP contribution in [0.1, 0.15) is 12.5 Å². The number of aliphatic hydroxyl groups is 1. The quantitative estimate of drug-likeness (QED) is 0.597. The van der Waals surface area contributed by atoms with Gasteiger partial charge in [-0.2, -0.15) is 0 Å². The number of amides is 1. The molecule has 0 aliphatic carbocycles. The van der Waals surface area contributed by atoms with Crippen molar-refractivity contribution in [2.45, 2.75) is 13.5 Å². The van der Waals surface area contributed by atoms with E-state index in [1.165, 1.54) is 0 Å². The first-order valence-electron chi connectivity index (χ1n) is 6.04. The van der Waals surface area contributed by atoms with E-state index in [4.69, 9.17) is 9.84 Å². The van der Waals surface area contributed by atoms with Gasteiger partial charge in [-0.15, -0.1) is 0 Å². The highest BCUT2D eigenvalue weighted by Gasteiger charge is 2.00. The predicted octanol–water partition coefficient (Wildman–Crippen LogP) is 0.743. The summed E-state index contributed by atoms with van der Waals surface area (Å²) in [5.41, 5.74) is 1.64. The summed E-state index contributed by atoms with van der Waals surface area (Å²) in [4.78, 5) is 11.5. The van der Waals surface area contributed by atoms with E-state index in [0.717, 1.165) is 11.3 Å². The first-order chi connectivity index (χ1) is 8.76. The molecule has 0 saturated heterocycles. The molecule has 0 unspecified atom stereocenters. The Labute approximate surface area is 107 Å². The van der Waals surface area contributed by atoms with Gasteiger partial charge in [0, 0.05) is 18.8 Å². The van der Waals surface area contributed by atoms with E-state index in [0.29, 0.717) is 19.8 Å². The van der Waals surface area contributed by atoms with Crippen molar-refractivity contribution in [2.24, 2.45) is 0 Å². The normalized spacial score (nSPS) is 10.1. The zero-order valence-corrected chi connectivity index (χ0v) is 10.6. The van der Waals surface area contributed by atoms with Crippen molar-refractivity contribution in [3.8, 4) is 0 Å². The Bertz CT molecular complexity index is 369. The van der Waals surface area contributed by atoms with E-state index < -0.39 is 0 Å². The summed E-state index contributed by atoms with van der Waals surface area (Å²) in [6, 6.07) is 7.33. The van der Waals surface area contributed by atoms with Crippen LogP contribution in [0.15, 0.2) is 24.3 Å². The van der Waals surface area contributed by atoms with Crippen LogP contribution in [-0.4, -0.2) is 37.3 Å². The van der Waals surface area contributed by atoms with Crippen molar-refractivity contribution in [2.75, 3.05) is 31.6 Å². The average Bonchev–Trinajstić information content (AvgIpc) is 2.41. The maximum absolute atomic E-state index is 11.5. The van der Waals surface area contributed by atoms with Gasteiger partial charge in [0.15, 0.2) is 0 Å². The van der Waals surface area contributed by atoms with Crippen LogP contribution in [0.2, 0.25) is 0 Å². The molecule has 18 heavy (non-hydrogen) atoms. The van der Waals surface area contributed by atoms with Crippen LogP contribution in [0.5, 0.6) is 0 Å². The number of aliphatic hydroxyl groups excluding tert-OH is 1. The molecule has 0 aliphatic rings. The topological polar surface area (TPSA) is 70.6 Å². The highest BCUT2D eigenvalue weighted by molar-refractivity contribution is 5.80. The van der Waals surface area contributed by atoms with Crippen LogP contribution in [0, 0.1) is 0 Å². The highest BCUT2D eigenvalue weighted by atomic mass is 16.5. The summed E-state index contributed by atoms with van der Waals surface area (Å²) in [6.45, 7) is 3.82. The number of hydrogen-bond donors (Lipinski definition) is 3. The number of hydrogen-bond acceptors (Lipinski definition) is 4. The summed E-state index contributed by atoms with van der Waals surface area (Å²) in [5, 5.41) is 14.7. The Kier molecular flexibility index (Phi) is 6.83. The van der Waals surface area contributed by atoms with Gasteiger partial charge in [0.2, 0.25) is 5.91 Å². The van der Waals surface area contributed by atoms with Crippen LogP contribution in [0.4, 0.5) is 5.69 Å². The zero-order valence-electron chi connectivity index (χ0n) is 10.6. The van der Waals surface area contributed by atoms with Gasteiger partial charge in [0.05, 0.1) is 19.8 Å². The van der Waals surface area contributed by atoms with Crippen molar-refractivity contribution < 1.29 is 14.6 Å². The molecule has 0 atom stereocenters. The fourth-order valence-corrected chi connectivity index (χ4v) is 1.43. The molecular formula is C13H20N2O3. The van der Waals surface area contributed by atoms with Crippen LogP contribution < -0.4 is 10.6 Å². The Morgan fingerprint density at radius 3 is 3.00 bits per heavy atom. The van der Waals surface area contributed by atoms with Crippen molar-refractivity contribution in [1.29, 1.82) is 0 Å². The smallest absolute Gasteiger partial charge is 0.239 e. The molecule has 1 aromatic rings. The summed E-state index contributed by atoms with van der Waals surface area (Å²) in [6.07, 6.45) is 0. The Morgan fingerprint density at radius 1 is 1.44 bits per heavy atom. The third kappa shape index (κ3) is 5.65. The Morgan fingerprint density at radius 2 is 2.28 bits per heavy atom. The number of benzene rings is 1. The van der Waals surface area contributed by atoms with Gasteiger partial charge in [-0.3, -0.25) is 4.79 Å². The lowest BCUT2D eigenvalue weighted by molar-refractivity contribution is -0.119. The summed E-state index contributed by atoms with van der Waals surface area (Å²) < 4.78 is 5.11. The second-order valence-electron chi connectivity index (χ2n) is 3.76. The molecule has 0 bridgehead atoms. The Hall–Kier alpha value is -1.59. The molecule has 1 amide bonds. The third-order valence-corrected chi connectivity index (χ3v) is 2.34. The number of carbonyl (C=O) groups is 1. The molecule has 1 aromatic carbocycles. The molecule has 0 aliphatic heterocycles. The molecule has 100 valence electrons. The lowest BCUT2D eigenvalue weighted by atomic mass is 10.2.